The number of nitrogens with one attached hydrogen (secondary N) is 2. The van der Waals surface area contributed by atoms with Crippen molar-refractivity contribution in [3.8, 4) is 0 Å². The van der Waals surface area contributed by atoms with Crippen molar-refractivity contribution >= 4 is 17.8 Å². The topological polar surface area (TPSA) is 178 Å². The molecule has 1 saturated heterocycles. The number of aliphatic hydroxyl groups excluding tert-OH is 3. The summed E-state index contributed by atoms with van der Waals surface area (Å²) in [6.07, 6.45) is -4.34. The maximum atomic E-state index is 12.7. The zero-order valence-corrected chi connectivity index (χ0v) is 16.9. The van der Waals surface area contributed by atoms with Gasteiger partial charge in [0, 0.05) is 20.6 Å². The van der Waals surface area contributed by atoms with Gasteiger partial charge < -0.3 is 40.5 Å². The maximum Gasteiger partial charge on any atom is 0.326 e. The van der Waals surface area contributed by atoms with Crippen LogP contribution < -0.4 is 10.6 Å². The average Bonchev–Trinajstić information content (AvgIpc) is 2.64. The lowest BCUT2D eigenvalue weighted by molar-refractivity contribution is -0.270. The second-order valence-electron chi connectivity index (χ2n) is 7.02. The number of carboxylic acid groups (broad SMARTS) is 1. The van der Waals surface area contributed by atoms with Crippen LogP contribution >= 0.6 is 0 Å². The molecule has 174 valence electrons. The van der Waals surface area contributed by atoms with E-state index < -0.39 is 67.6 Å². The first-order valence-corrected chi connectivity index (χ1v) is 9.47. The van der Waals surface area contributed by atoms with Gasteiger partial charge in [0.2, 0.25) is 11.8 Å². The summed E-state index contributed by atoms with van der Waals surface area (Å²) in [5, 5.41) is 43.3. The van der Waals surface area contributed by atoms with Gasteiger partial charge in [0.15, 0.2) is 6.29 Å². The fraction of sp³-hybridized carbons (Fsp3) is 0.824. The Bertz CT molecular complexity index is 581. The van der Waals surface area contributed by atoms with E-state index in [4.69, 9.17) is 14.6 Å². The maximum absolute atomic E-state index is 12.7. The average molecular weight is 439 g/mol. The van der Waals surface area contributed by atoms with Crippen LogP contribution in [-0.2, 0) is 23.9 Å². The number of hydrogen-bond acceptors (Lipinski definition) is 9. The van der Waals surface area contributed by atoms with Crippen molar-refractivity contribution in [2.75, 3.05) is 26.8 Å². The number of carboxylic acids is 1. The molecule has 6 N–H and O–H groups in total. The molecule has 2 amide bonds. The van der Waals surface area contributed by atoms with Gasteiger partial charge in [-0.25, -0.2) is 4.79 Å². The third-order valence-corrected chi connectivity index (χ3v) is 4.41. The fourth-order valence-corrected chi connectivity index (χ4v) is 2.96. The molecule has 1 fully saturated rings. The van der Waals surface area contributed by atoms with Gasteiger partial charge in [-0.15, -0.1) is 9.60 Å². The zero-order chi connectivity index (χ0) is 22.8. The summed E-state index contributed by atoms with van der Waals surface area (Å²) >= 11 is 0. The summed E-state index contributed by atoms with van der Waals surface area (Å²) in [4.78, 5) is 34.1. The van der Waals surface area contributed by atoms with Crippen LogP contribution in [0.15, 0.2) is 0 Å². The minimum atomic E-state index is -1.43. The van der Waals surface area contributed by atoms with E-state index in [1.807, 2.05) is 0 Å². The molecule has 0 bridgehead atoms. The Hall–Kier alpha value is -1.90. The van der Waals surface area contributed by atoms with Crippen LogP contribution in [0.5, 0.6) is 0 Å². The number of likely N-dealkylation sites (N-methyl/N-ethyl adjacent to an activating group) is 1. The second-order valence-corrected chi connectivity index (χ2v) is 7.02. The largest absolute Gasteiger partial charge is 0.480 e. The van der Waals surface area contributed by atoms with Crippen molar-refractivity contribution < 1.29 is 48.8 Å². The van der Waals surface area contributed by atoms with Gasteiger partial charge in [-0.3, -0.25) is 9.59 Å². The zero-order valence-electron chi connectivity index (χ0n) is 16.9. The summed E-state index contributed by atoms with van der Waals surface area (Å²) in [6.45, 7) is 0.111. The van der Waals surface area contributed by atoms with Crippen LogP contribution in [0.2, 0.25) is 0 Å². The number of hydrogen-bond donors (Lipinski definition) is 6. The number of nitrogens with zero attached hydrogens (tertiary/aromatic N) is 1. The van der Waals surface area contributed by atoms with Crippen LogP contribution in [0, 0.1) is 0 Å². The number of carbonyl (C=O) groups excluding carboxylic acids is 2. The minimum Gasteiger partial charge on any atom is -0.480 e. The van der Waals surface area contributed by atoms with Crippen LogP contribution in [0.4, 0.5) is 4.48 Å². The highest BCUT2D eigenvalue weighted by molar-refractivity contribution is 5.84. The number of ether oxygens (including phenoxy) is 2. The van der Waals surface area contributed by atoms with Crippen molar-refractivity contribution in [2.24, 2.45) is 0 Å². The Labute approximate surface area is 172 Å². The predicted octanol–water partition coefficient (Wildman–Crippen LogP) is -2.50. The highest BCUT2D eigenvalue weighted by atomic mass is 19.2. The van der Waals surface area contributed by atoms with Gasteiger partial charge in [-0.2, -0.15) is 0 Å². The fourth-order valence-electron chi connectivity index (χ4n) is 2.96. The van der Waals surface area contributed by atoms with Gasteiger partial charge in [0.1, 0.15) is 36.9 Å². The normalized spacial score (nSPS) is 27.5. The third kappa shape index (κ3) is 8.45. The molecule has 6 atom stereocenters. The summed E-state index contributed by atoms with van der Waals surface area (Å²) in [7, 11) is 1.03. The number of rotatable bonds is 12. The van der Waals surface area contributed by atoms with E-state index in [1.165, 1.54) is 6.92 Å². The Morgan fingerprint density at radius 2 is 1.90 bits per heavy atom. The first-order chi connectivity index (χ1) is 14.1. The van der Waals surface area contributed by atoms with Gasteiger partial charge in [-0.1, -0.05) is 0 Å². The second kappa shape index (κ2) is 12.7. The predicted molar refractivity (Wildman–Crippen MR) is 98.5 cm³/mol. The summed E-state index contributed by atoms with van der Waals surface area (Å²) in [6, 6.07) is -2.25. The van der Waals surface area contributed by atoms with Crippen LogP contribution in [0.1, 0.15) is 26.2 Å². The molecule has 1 aliphatic heterocycles. The number of unbranched alkanes of at least 4 members (excludes halogenated alkanes) is 1. The molecule has 13 heteroatoms. The van der Waals surface area contributed by atoms with Crippen molar-refractivity contribution in [2.45, 2.75) is 62.9 Å². The number of aliphatic carboxylic acids is 1. The lowest BCUT2D eigenvalue weighted by Gasteiger charge is -2.42. The van der Waals surface area contributed by atoms with Crippen molar-refractivity contribution in [1.29, 1.82) is 0 Å². The van der Waals surface area contributed by atoms with E-state index in [1.54, 1.807) is 0 Å². The number of aliphatic hydroxyl groups is 3. The molecule has 0 radical (unpaired) electrons. The van der Waals surface area contributed by atoms with E-state index in [0.29, 0.717) is 12.8 Å². The molecule has 0 aliphatic carbocycles. The molecule has 0 saturated carbocycles. The monoisotopic (exact) mass is 439 g/mol. The summed E-state index contributed by atoms with van der Waals surface area (Å²) < 4.78 is 23.6. The molecule has 12 nitrogen and oxygen atoms in total. The van der Waals surface area contributed by atoms with Crippen LogP contribution in [-0.4, -0.2) is 107 Å². The first-order valence-electron chi connectivity index (χ1n) is 9.47. The Morgan fingerprint density at radius 3 is 2.43 bits per heavy atom. The minimum absolute atomic E-state index is 0.0508. The van der Waals surface area contributed by atoms with Gasteiger partial charge in [0.05, 0.1) is 6.61 Å². The SMILES string of the molecule is CC(=O)NC1[C@@H](OCCCC[C@H](NC(=O)CN(C)F)C(=O)O)OC(CO)[C@H](O)[C@@H]1O. The molecule has 1 aliphatic rings. The van der Waals surface area contributed by atoms with E-state index in [9.17, 15) is 34.2 Å². The number of carbonyl (C=O) groups is 3. The number of amides is 2. The van der Waals surface area contributed by atoms with Crippen LogP contribution in [0.3, 0.4) is 0 Å². The Balaban J connectivity index is 2.51. The standard InChI is InChI=1S/C17H30FN3O9/c1-9(23)19-13-15(26)14(25)11(8-22)30-17(13)29-6-4-3-5-10(16(27)28)20-12(24)7-21(2)18/h10-11,13-15,17,22,25-26H,3-8H2,1-2H3,(H,19,23)(H,20,24)(H,27,28)/t10-,11?,13?,14-,15+,17-/m0/s1. The van der Waals surface area contributed by atoms with E-state index in [-0.39, 0.29) is 18.1 Å². The summed E-state index contributed by atoms with van der Waals surface area (Å²) in [5.41, 5.74) is 0. The molecular formula is C17H30FN3O9. The summed E-state index contributed by atoms with van der Waals surface area (Å²) in [5.74, 6) is -2.50. The quantitative estimate of drug-likeness (QED) is 0.141. The van der Waals surface area contributed by atoms with Crippen molar-refractivity contribution in [3.05, 3.63) is 0 Å². The lowest BCUT2D eigenvalue weighted by atomic mass is 9.97. The smallest absolute Gasteiger partial charge is 0.326 e. The van der Waals surface area contributed by atoms with E-state index in [2.05, 4.69) is 10.6 Å². The van der Waals surface area contributed by atoms with Crippen molar-refractivity contribution in [1.82, 2.24) is 15.8 Å². The Kier molecular flexibility index (Phi) is 11.1. The molecule has 1 rings (SSSR count). The molecule has 0 aromatic carbocycles. The van der Waals surface area contributed by atoms with E-state index >= 15 is 0 Å². The molecule has 0 aromatic heterocycles. The molecule has 1 heterocycles. The number of halogens is 1. The lowest BCUT2D eigenvalue weighted by Crippen LogP contribution is -2.64. The molecule has 30 heavy (non-hydrogen) atoms. The van der Waals surface area contributed by atoms with Gasteiger partial charge in [-0.05, 0) is 19.3 Å². The highest BCUT2D eigenvalue weighted by Crippen LogP contribution is 2.22. The first kappa shape index (κ1) is 26.1. The van der Waals surface area contributed by atoms with Crippen LogP contribution in [0.25, 0.3) is 0 Å². The van der Waals surface area contributed by atoms with Crippen molar-refractivity contribution in [3.63, 3.8) is 0 Å². The van der Waals surface area contributed by atoms with Gasteiger partial charge >= 0.3 is 5.97 Å². The molecule has 0 aromatic rings. The Morgan fingerprint density at radius 1 is 1.23 bits per heavy atom. The molecule has 2 unspecified atom stereocenters. The highest BCUT2D eigenvalue weighted by Gasteiger charge is 2.45. The van der Waals surface area contributed by atoms with E-state index in [0.717, 1.165) is 7.05 Å². The molecule has 0 spiro atoms. The van der Waals surface area contributed by atoms with Gasteiger partial charge in [0.25, 0.3) is 0 Å². The third-order valence-electron chi connectivity index (χ3n) is 4.41. The molecular weight excluding hydrogens is 409 g/mol.